The highest BCUT2D eigenvalue weighted by molar-refractivity contribution is 5.95. The van der Waals surface area contributed by atoms with E-state index in [1.807, 2.05) is 36.5 Å². The topological polar surface area (TPSA) is 34.1 Å². The van der Waals surface area contributed by atoms with Crippen molar-refractivity contribution in [3.05, 3.63) is 59.8 Å². The molecule has 0 spiro atoms. The lowest BCUT2D eigenvalue weighted by molar-refractivity contribution is 0.415. The Balaban J connectivity index is 2.02. The lowest BCUT2D eigenvalue weighted by Crippen LogP contribution is -1.95. The summed E-state index contributed by atoms with van der Waals surface area (Å²) < 4.78 is 5.18. The van der Waals surface area contributed by atoms with Gasteiger partial charge < -0.3 is 10.1 Å². The van der Waals surface area contributed by atoms with Gasteiger partial charge in [0.05, 0.1) is 12.6 Å². The van der Waals surface area contributed by atoms with Gasteiger partial charge in [0, 0.05) is 23.0 Å². The van der Waals surface area contributed by atoms with Crippen LogP contribution >= 0.6 is 0 Å². The van der Waals surface area contributed by atoms with Crippen LogP contribution in [-0.4, -0.2) is 12.1 Å². The average Bonchev–Trinajstić information content (AvgIpc) is 2.52. The van der Waals surface area contributed by atoms with E-state index in [2.05, 4.69) is 36.3 Å². The van der Waals surface area contributed by atoms with Crippen molar-refractivity contribution in [2.45, 2.75) is 13.8 Å². The second-order valence-corrected chi connectivity index (χ2v) is 5.12. The molecule has 0 unspecified atom stereocenters. The Hall–Kier alpha value is -2.55. The minimum absolute atomic E-state index is 0.853. The standard InChI is InChI=1S/C18H18N2O/c1-12-4-9-16-17(10-11-19-18(16)13(12)2)20-14-5-7-15(21-3)8-6-14/h4-11H,1-3H3,(H,19,20). The number of pyridine rings is 1. The number of benzene rings is 2. The van der Waals surface area contributed by atoms with E-state index in [4.69, 9.17) is 4.74 Å². The Morgan fingerprint density at radius 1 is 0.952 bits per heavy atom. The summed E-state index contributed by atoms with van der Waals surface area (Å²) in [5, 5.41) is 4.58. The fraction of sp³-hybridized carbons (Fsp3) is 0.167. The molecule has 3 nitrogen and oxygen atoms in total. The smallest absolute Gasteiger partial charge is 0.119 e. The van der Waals surface area contributed by atoms with Crippen molar-refractivity contribution < 1.29 is 4.74 Å². The molecule has 1 N–H and O–H groups in total. The van der Waals surface area contributed by atoms with E-state index in [9.17, 15) is 0 Å². The van der Waals surface area contributed by atoms with Gasteiger partial charge in [-0.1, -0.05) is 12.1 Å². The molecule has 0 bridgehead atoms. The van der Waals surface area contributed by atoms with Gasteiger partial charge in [-0.2, -0.15) is 0 Å². The molecule has 0 saturated carbocycles. The minimum Gasteiger partial charge on any atom is -0.497 e. The van der Waals surface area contributed by atoms with Crippen molar-refractivity contribution in [1.29, 1.82) is 0 Å². The number of rotatable bonds is 3. The molecule has 0 fully saturated rings. The van der Waals surface area contributed by atoms with Crippen LogP contribution in [0.2, 0.25) is 0 Å². The zero-order valence-corrected chi connectivity index (χ0v) is 12.5. The van der Waals surface area contributed by atoms with E-state index in [1.54, 1.807) is 7.11 Å². The molecule has 3 heteroatoms. The number of fused-ring (bicyclic) bond motifs is 1. The molecular formula is C18H18N2O. The summed E-state index contributed by atoms with van der Waals surface area (Å²) in [7, 11) is 1.67. The molecule has 0 saturated heterocycles. The summed E-state index contributed by atoms with van der Waals surface area (Å²) in [6.45, 7) is 4.22. The number of methoxy groups -OCH3 is 1. The SMILES string of the molecule is COc1ccc(Nc2ccnc3c(C)c(C)ccc23)cc1. The molecule has 1 heterocycles. The maximum atomic E-state index is 5.18. The quantitative estimate of drug-likeness (QED) is 0.760. The van der Waals surface area contributed by atoms with Gasteiger partial charge in [-0.25, -0.2) is 0 Å². The first kappa shape index (κ1) is 13.4. The van der Waals surface area contributed by atoms with Crippen LogP contribution in [0.15, 0.2) is 48.7 Å². The highest BCUT2D eigenvalue weighted by Gasteiger charge is 2.06. The number of ether oxygens (including phenoxy) is 1. The zero-order chi connectivity index (χ0) is 14.8. The summed E-state index contributed by atoms with van der Waals surface area (Å²) in [6.07, 6.45) is 1.85. The molecular weight excluding hydrogens is 260 g/mol. The molecule has 0 aliphatic heterocycles. The van der Waals surface area contributed by atoms with Crippen LogP contribution in [0.25, 0.3) is 10.9 Å². The zero-order valence-electron chi connectivity index (χ0n) is 12.5. The van der Waals surface area contributed by atoms with Crippen molar-refractivity contribution in [3.63, 3.8) is 0 Å². The van der Waals surface area contributed by atoms with Crippen molar-refractivity contribution in [3.8, 4) is 5.75 Å². The van der Waals surface area contributed by atoms with Crippen molar-refractivity contribution in [1.82, 2.24) is 4.98 Å². The van der Waals surface area contributed by atoms with E-state index >= 15 is 0 Å². The summed E-state index contributed by atoms with van der Waals surface area (Å²) in [4.78, 5) is 4.51. The molecule has 21 heavy (non-hydrogen) atoms. The Morgan fingerprint density at radius 2 is 1.71 bits per heavy atom. The predicted molar refractivity (Wildman–Crippen MR) is 87.5 cm³/mol. The first-order valence-corrected chi connectivity index (χ1v) is 6.95. The average molecular weight is 278 g/mol. The molecule has 3 rings (SSSR count). The van der Waals surface area contributed by atoms with Gasteiger partial charge in [0.2, 0.25) is 0 Å². The van der Waals surface area contributed by atoms with E-state index in [0.29, 0.717) is 0 Å². The maximum Gasteiger partial charge on any atom is 0.119 e. The molecule has 2 aromatic carbocycles. The molecule has 0 amide bonds. The van der Waals surface area contributed by atoms with Crippen LogP contribution < -0.4 is 10.1 Å². The van der Waals surface area contributed by atoms with Crippen LogP contribution in [0.5, 0.6) is 5.75 Å². The molecule has 0 aliphatic carbocycles. The van der Waals surface area contributed by atoms with E-state index in [0.717, 1.165) is 28.0 Å². The lowest BCUT2D eigenvalue weighted by atomic mass is 10.0. The molecule has 0 aliphatic rings. The van der Waals surface area contributed by atoms with Crippen LogP contribution in [-0.2, 0) is 0 Å². The number of nitrogens with one attached hydrogen (secondary N) is 1. The normalized spacial score (nSPS) is 10.6. The van der Waals surface area contributed by atoms with Crippen molar-refractivity contribution in [2.24, 2.45) is 0 Å². The summed E-state index contributed by atoms with van der Waals surface area (Å²) in [5.41, 5.74) is 5.63. The van der Waals surface area contributed by atoms with E-state index in [1.165, 1.54) is 11.1 Å². The third-order valence-electron chi connectivity index (χ3n) is 3.81. The molecule has 3 aromatic rings. The minimum atomic E-state index is 0.853. The van der Waals surface area contributed by atoms with Gasteiger partial charge in [0.15, 0.2) is 0 Å². The molecule has 1 aromatic heterocycles. The number of aromatic nitrogens is 1. The van der Waals surface area contributed by atoms with Gasteiger partial charge in [0.1, 0.15) is 5.75 Å². The highest BCUT2D eigenvalue weighted by Crippen LogP contribution is 2.28. The number of aryl methyl sites for hydroxylation is 2. The third-order valence-corrected chi connectivity index (χ3v) is 3.81. The predicted octanol–water partition coefficient (Wildman–Crippen LogP) is 4.60. The summed E-state index contributed by atoms with van der Waals surface area (Å²) in [5.74, 6) is 0.853. The second kappa shape index (κ2) is 5.44. The molecule has 0 radical (unpaired) electrons. The molecule has 106 valence electrons. The first-order valence-electron chi connectivity index (χ1n) is 6.95. The maximum absolute atomic E-state index is 5.18. The van der Waals surface area contributed by atoms with Gasteiger partial charge in [0.25, 0.3) is 0 Å². The summed E-state index contributed by atoms with van der Waals surface area (Å²) >= 11 is 0. The Morgan fingerprint density at radius 3 is 2.43 bits per heavy atom. The van der Waals surface area contributed by atoms with Gasteiger partial charge in [-0.3, -0.25) is 4.98 Å². The second-order valence-electron chi connectivity index (χ2n) is 5.12. The van der Waals surface area contributed by atoms with Crippen molar-refractivity contribution >= 4 is 22.3 Å². The summed E-state index contributed by atoms with van der Waals surface area (Å²) in [6, 6.07) is 14.2. The van der Waals surface area contributed by atoms with Crippen LogP contribution in [0.3, 0.4) is 0 Å². The first-order chi connectivity index (χ1) is 10.2. The number of nitrogens with zero attached hydrogens (tertiary/aromatic N) is 1. The van der Waals surface area contributed by atoms with Gasteiger partial charge in [-0.05, 0) is 55.3 Å². The lowest BCUT2D eigenvalue weighted by Gasteiger charge is -2.12. The Kier molecular flexibility index (Phi) is 3.48. The van der Waals surface area contributed by atoms with Crippen LogP contribution in [0.4, 0.5) is 11.4 Å². The molecule has 0 atom stereocenters. The van der Waals surface area contributed by atoms with E-state index in [-0.39, 0.29) is 0 Å². The highest BCUT2D eigenvalue weighted by atomic mass is 16.5. The van der Waals surface area contributed by atoms with Gasteiger partial charge >= 0.3 is 0 Å². The fourth-order valence-electron chi connectivity index (χ4n) is 2.40. The monoisotopic (exact) mass is 278 g/mol. The Bertz CT molecular complexity index is 779. The third kappa shape index (κ3) is 2.55. The Labute approximate surface area is 124 Å². The van der Waals surface area contributed by atoms with Crippen LogP contribution in [0.1, 0.15) is 11.1 Å². The number of hydrogen-bond acceptors (Lipinski definition) is 3. The van der Waals surface area contributed by atoms with Gasteiger partial charge in [-0.15, -0.1) is 0 Å². The van der Waals surface area contributed by atoms with E-state index < -0.39 is 0 Å². The van der Waals surface area contributed by atoms with Crippen LogP contribution in [0, 0.1) is 13.8 Å². The number of anilines is 2. The van der Waals surface area contributed by atoms with Crippen molar-refractivity contribution in [2.75, 3.05) is 12.4 Å². The fourth-order valence-corrected chi connectivity index (χ4v) is 2.40. The largest absolute Gasteiger partial charge is 0.497 e. The number of hydrogen-bond donors (Lipinski definition) is 1.